The molecule has 0 aliphatic carbocycles. The summed E-state index contributed by atoms with van der Waals surface area (Å²) in [7, 11) is 0. The van der Waals surface area contributed by atoms with Gasteiger partial charge in [0, 0.05) is 11.6 Å². The van der Waals surface area contributed by atoms with E-state index >= 15 is 0 Å². The molecule has 2 aromatic rings. The molecule has 2 heteroatoms. The number of nitrogens with zero attached hydrogens (tertiary/aromatic N) is 1. The zero-order chi connectivity index (χ0) is 12.1. The lowest BCUT2D eigenvalue weighted by Crippen LogP contribution is -2.20. The fourth-order valence-electron chi connectivity index (χ4n) is 1.84. The maximum Gasteiger partial charge on any atom is 0.0943 e. The topological polar surface area (TPSA) is 24.9 Å². The van der Waals surface area contributed by atoms with Gasteiger partial charge in [0.05, 0.1) is 11.6 Å². The average Bonchev–Trinajstić information content (AvgIpc) is 2.39. The molecule has 2 nitrogen and oxygen atoms in total. The van der Waals surface area contributed by atoms with Crippen LogP contribution in [0.25, 0.3) is 10.9 Å². The number of hydrogen-bond acceptors (Lipinski definition) is 2. The minimum absolute atomic E-state index is 0.0143. The minimum Gasteiger partial charge on any atom is -0.300 e. The lowest BCUT2D eigenvalue weighted by molar-refractivity contribution is 0.627. The summed E-state index contributed by atoms with van der Waals surface area (Å²) in [6.45, 7) is 3.06. The van der Waals surface area contributed by atoms with E-state index in [0.29, 0.717) is 0 Å². The Morgan fingerprint density at radius 3 is 3.06 bits per heavy atom. The van der Waals surface area contributed by atoms with E-state index in [1.165, 1.54) is 0 Å². The molecule has 0 bridgehead atoms. The molecule has 0 fully saturated rings. The van der Waals surface area contributed by atoms with Crippen molar-refractivity contribution < 1.29 is 0 Å². The first-order valence-corrected chi connectivity index (χ1v) is 5.89. The predicted molar refractivity (Wildman–Crippen MR) is 71.6 cm³/mol. The summed E-state index contributed by atoms with van der Waals surface area (Å²) in [6.07, 6.45) is 8.44. The van der Waals surface area contributed by atoms with Crippen molar-refractivity contribution in [3.63, 3.8) is 0 Å². The molecule has 1 atom stereocenters. The van der Waals surface area contributed by atoms with Crippen LogP contribution in [0.4, 0.5) is 0 Å². The van der Waals surface area contributed by atoms with E-state index in [1.807, 2.05) is 18.2 Å². The highest BCUT2D eigenvalue weighted by Crippen LogP contribution is 2.18. The van der Waals surface area contributed by atoms with Gasteiger partial charge in [0.2, 0.25) is 0 Å². The van der Waals surface area contributed by atoms with Crippen molar-refractivity contribution in [1.29, 1.82) is 0 Å². The third-order valence-electron chi connectivity index (χ3n) is 2.73. The highest BCUT2D eigenvalue weighted by molar-refractivity contribution is 5.79. The maximum absolute atomic E-state index is 5.56. The van der Waals surface area contributed by atoms with Gasteiger partial charge in [-0.05, 0) is 36.7 Å². The zero-order valence-electron chi connectivity index (χ0n) is 9.98. The molecule has 17 heavy (non-hydrogen) atoms. The number of nitrogens with one attached hydrogen (secondary N) is 1. The highest BCUT2D eigenvalue weighted by atomic mass is 14.9. The number of aromatic nitrogens is 1. The second-order valence-electron chi connectivity index (χ2n) is 4.01. The van der Waals surface area contributed by atoms with Gasteiger partial charge in [0.25, 0.3) is 0 Å². The third kappa shape index (κ3) is 2.64. The van der Waals surface area contributed by atoms with Crippen LogP contribution in [0.5, 0.6) is 0 Å². The van der Waals surface area contributed by atoms with Crippen molar-refractivity contribution in [2.75, 3.05) is 6.54 Å². The number of hydrogen-bond donors (Lipinski definition) is 1. The molecular weight excluding hydrogens is 208 g/mol. The van der Waals surface area contributed by atoms with Crippen LogP contribution in [0.2, 0.25) is 0 Å². The van der Waals surface area contributed by atoms with Crippen LogP contribution >= 0.6 is 0 Å². The molecule has 1 unspecified atom stereocenters. The summed E-state index contributed by atoms with van der Waals surface area (Å²) in [5, 5.41) is 4.47. The summed E-state index contributed by atoms with van der Waals surface area (Å²) >= 11 is 0. The van der Waals surface area contributed by atoms with E-state index in [4.69, 9.17) is 6.42 Å². The van der Waals surface area contributed by atoms with Crippen molar-refractivity contribution in [2.45, 2.75) is 19.4 Å². The summed E-state index contributed by atoms with van der Waals surface area (Å²) in [5.74, 6) is 2.79. The lowest BCUT2D eigenvalue weighted by atomic mass is 10.0. The van der Waals surface area contributed by atoms with E-state index in [1.54, 1.807) is 6.20 Å². The summed E-state index contributed by atoms with van der Waals surface area (Å²) in [4.78, 5) is 4.30. The molecule has 86 valence electrons. The Morgan fingerprint density at radius 2 is 2.29 bits per heavy atom. The van der Waals surface area contributed by atoms with E-state index in [9.17, 15) is 0 Å². The highest BCUT2D eigenvalue weighted by Gasteiger charge is 2.07. The van der Waals surface area contributed by atoms with E-state index < -0.39 is 0 Å². The molecule has 0 spiro atoms. The Kier molecular flexibility index (Phi) is 3.74. The van der Waals surface area contributed by atoms with Crippen LogP contribution in [0.15, 0.2) is 36.5 Å². The molecule has 0 aliphatic rings. The van der Waals surface area contributed by atoms with Crippen LogP contribution in [-0.4, -0.2) is 11.5 Å². The minimum atomic E-state index is -0.0143. The molecule has 0 radical (unpaired) electrons. The molecule has 1 N–H and O–H groups in total. The average molecular weight is 224 g/mol. The van der Waals surface area contributed by atoms with Crippen molar-refractivity contribution in [3.8, 4) is 12.3 Å². The van der Waals surface area contributed by atoms with E-state index in [2.05, 4.69) is 35.3 Å². The molecule has 2 rings (SSSR count). The fraction of sp³-hybridized carbons (Fsp3) is 0.267. The zero-order valence-corrected chi connectivity index (χ0v) is 9.98. The summed E-state index contributed by atoms with van der Waals surface area (Å²) in [6, 6.07) is 10.1. The quantitative estimate of drug-likeness (QED) is 0.808. The van der Waals surface area contributed by atoms with Crippen LogP contribution in [-0.2, 0) is 0 Å². The normalized spacial score (nSPS) is 12.2. The standard InChI is InChI=1S/C15H16N2/c1-3-9-16-14(4-2)13-7-8-15-12(11-13)6-5-10-17-15/h2,5-8,10-11,14,16H,3,9H2,1H3. The smallest absolute Gasteiger partial charge is 0.0943 e. The van der Waals surface area contributed by atoms with Gasteiger partial charge in [-0.2, -0.15) is 0 Å². The number of terminal acetylenes is 1. The molecular formula is C15H16N2. The number of pyridine rings is 1. The van der Waals surface area contributed by atoms with Crippen LogP contribution in [0.3, 0.4) is 0 Å². The molecule has 0 saturated heterocycles. The van der Waals surface area contributed by atoms with Crippen LogP contribution in [0, 0.1) is 12.3 Å². The first-order valence-electron chi connectivity index (χ1n) is 5.89. The Morgan fingerprint density at radius 1 is 1.41 bits per heavy atom. The Balaban J connectivity index is 2.31. The third-order valence-corrected chi connectivity index (χ3v) is 2.73. The molecule has 1 aromatic carbocycles. The monoisotopic (exact) mass is 224 g/mol. The Labute approximate surface area is 102 Å². The second kappa shape index (κ2) is 5.47. The SMILES string of the molecule is C#CC(NCCC)c1ccc2ncccc2c1. The van der Waals surface area contributed by atoms with E-state index in [0.717, 1.165) is 29.4 Å². The van der Waals surface area contributed by atoms with Gasteiger partial charge in [0.15, 0.2) is 0 Å². The molecule has 0 saturated carbocycles. The molecule has 1 heterocycles. The first-order chi connectivity index (χ1) is 8.35. The van der Waals surface area contributed by atoms with Crippen molar-refractivity contribution >= 4 is 10.9 Å². The largest absolute Gasteiger partial charge is 0.300 e. The van der Waals surface area contributed by atoms with Crippen molar-refractivity contribution in [3.05, 3.63) is 42.1 Å². The van der Waals surface area contributed by atoms with Gasteiger partial charge in [-0.3, -0.25) is 4.98 Å². The number of rotatable bonds is 4. The fourth-order valence-corrected chi connectivity index (χ4v) is 1.84. The Bertz CT molecular complexity index is 540. The first kappa shape index (κ1) is 11.6. The maximum atomic E-state index is 5.56. The molecule has 1 aromatic heterocycles. The van der Waals surface area contributed by atoms with Gasteiger partial charge in [0.1, 0.15) is 0 Å². The predicted octanol–water partition coefficient (Wildman–Crippen LogP) is 2.91. The summed E-state index contributed by atoms with van der Waals surface area (Å²) < 4.78 is 0. The molecule has 0 aliphatic heterocycles. The van der Waals surface area contributed by atoms with Gasteiger partial charge >= 0.3 is 0 Å². The van der Waals surface area contributed by atoms with Gasteiger partial charge in [-0.1, -0.05) is 25.0 Å². The van der Waals surface area contributed by atoms with Crippen molar-refractivity contribution in [2.24, 2.45) is 0 Å². The Hall–Kier alpha value is -1.85. The van der Waals surface area contributed by atoms with Crippen molar-refractivity contribution in [1.82, 2.24) is 10.3 Å². The van der Waals surface area contributed by atoms with Gasteiger partial charge in [-0.25, -0.2) is 0 Å². The van der Waals surface area contributed by atoms with Gasteiger partial charge in [-0.15, -0.1) is 6.42 Å². The second-order valence-corrected chi connectivity index (χ2v) is 4.01. The van der Waals surface area contributed by atoms with Crippen LogP contribution in [0.1, 0.15) is 24.9 Å². The molecule has 0 amide bonds. The summed E-state index contributed by atoms with van der Waals surface area (Å²) in [5.41, 5.74) is 2.13. The van der Waals surface area contributed by atoms with Crippen LogP contribution < -0.4 is 5.32 Å². The van der Waals surface area contributed by atoms with E-state index in [-0.39, 0.29) is 6.04 Å². The van der Waals surface area contributed by atoms with Gasteiger partial charge < -0.3 is 5.32 Å². The number of benzene rings is 1. The lowest BCUT2D eigenvalue weighted by Gasteiger charge is -2.13. The number of fused-ring (bicyclic) bond motifs is 1.